The quantitative estimate of drug-likeness (QED) is 0.415. The molecule has 0 unspecified atom stereocenters. The monoisotopic (exact) mass is 497 g/mol. The zero-order valence-electron chi connectivity index (χ0n) is 21.3. The molecule has 0 saturated carbocycles. The van der Waals surface area contributed by atoms with E-state index in [1.165, 1.54) is 4.90 Å². The first-order valence-electron chi connectivity index (χ1n) is 12.4. The summed E-state index contributed by atoms with van der Waals surface area (Å²) in [4.78, 5) is 34.0. The zero-order valence-corrected chi connectivity index (χ0v) is 21.3. The first kappa shape index (κ1) is 24.4. The number of piperidine rings is 1. The van der Waals surface area contributed by atoms with Gasteiger partial charge in [0.1, 0.15) is 11.6 Å². The van der Waals surface area contributed by atoms with Gasteiger partial charge in [-0.05, 0) is 55.3 Å². The van der Waals surface area contributed by atoms with Gasteiger partial charge in [-0.1, -0.05) is 24.3 Å². The molecular formula is C29H31N5O3. The lowest BCUT2D eigenvalue weighted by molar-refractivity contribution is 0.0827. The Morgan fingerprint density at radius 2 is 1.89 bits per heavy atom. The summed E-state index contributed by atoms with van der Waals surface area (Å²) in [6, 6.07) is 20.9. The highest BCUT2D eigenvalue weighted by Gasteiger charge is 2.29. The largest absolute Gasteiger partial charge is 0.497 e. The van der Waals surface area contributed by atoms with Crippen LogP contribution < -0.4 is 10.1 Å². The predicted molar refractivity (Wildman–Crippen MR) is 144 cm³/mol. The number of nitrogens with one attached hydrogen (secondary N) is 1. The number of hydrogen-bond acceptors (Lipinski definition) is 4. The fourth-order valence-electron chi connectivity index (χ4n) is 4.90. The van der Waals surface area contributed by atoms with E-state index >= 15 is 0 Å². The van der Waals surface area contributed by atoms with Crippen LogP contribution in [0.15, 0.2) is 72.9 Å². The van der Waals surface area contributed by atoms with Crippen LogP contribution in [0.1, 0.15) is 34.9 Å². The number of benzene rings is 2. The number of rotatable bonds is 5. The van der Waals surface area contributed by atoms with Crippen LogP contribution in [0, 0.1) is 0 Å². The van der Waals surface area contributed by atoms with E-state index in [1.54, 1.807) is 45.5 Å². The van der Waals surface area contributed by atoms with Gasteiger partial charge in [-0.3, -0.25) is 4.79 Å². The van der Waals surface area contributed by atoms with Crippen LogP contribution in [0.2, 0.25) is 0 Å². The minimum atomic E-state index is -0.173. The summed E-state index contributed by atoms with van der Waals surface area (Å²) < 4.78 is 7.56. The third-order valence-electron chi connectivity index (χ3n) is 6.76. The van der Waals surface area contributed by atoms with E-state index in [0.29, 0.717) is 24.3 Å². The number of urea groups is 1. The minimum Gasteiger partial charge on any atom is -0.497 e. The number of ether oxygens (including phenoxy) is 1. The van der Waals surface area contributed by atoms with Gasteiger partial charge in [0, 0.05) is 56.1 Å². The second-order valence-electron chi connectivity index (χ2n) is 9.50. The first-order chi connectivity index (χ1) is 17.9. The molecule has 8 heteroatoms. The number of methoxy groups -OCH3 is 1. The van der Waals surface area contributed by atoms with E-state index in [0.717, 1.165) is 41.2 Å². The lowest BCUT2D eigenvalue weighted by atomic mass is 9.97. The maximum atomic E-state index is 13.2. The van der Waals surface area contributed by atoms with Gasteiger partial charge in [0.15, 0.2) is 0 Å². The average Bonchev–Trinajstić information content (AvgIpc) is 3.32. The summed E-state index contributed by atoms with van der Waals surface area (Å²) in [5.41, 5.74) is 4.06. The van der Waals surface area contributed by atoms with Crippen molar-refractivity contribution in [3.8, 4) is 17.0 Å². The average molecular weight is 498 g/mol. The van der Waals surface area contributed by atoms with Gasteiger partial charge in [-0.2, -0.15) is 0 Å². The predicted octanol–water partition coefficient (Wildman–Crippen LogP) is 5.12. The van der Waals surface area contributed by atoms with E-state index in [2.05, 4.69) is 15.8 Å². The van der Waals surface area contributed by atoms with Crippen LogP contribution in [0.3, 0.4) is 0 Å². The van der Waals surface area contributed by atoms with Crippen molar-refractivity contribution in [2.75, 3.05) is 39.6 Å². The Morgan fingerprint density at radius 1 is 1.05 bits per heavy atom. The van der Waals surface area contributed by atoms with Crippen molar-refractivity contribution in [1.29, 1.82) is 0 Å². The number of nitrogens with zero attached hydrogens (tertiary/aromatic N) is 4. The summed E-state index contributed by atoms with van der Waals surface area (Å²) in [5, 5.41) is 2.97. The van der Waals surface area contributed by atoms with Crippen molar-refractivity contribution < 1.29 is 14.3 Å². The molecule has 3 amide bonds. The van der Waals surface area contributed by atoms with E-state index in [9.17, 15) is 9.59 Å². The molecule has 1 aliphatic heterocycles. The number of fused-ring (bicyclic) bond motifs is 1. The van der Waals surface area contributed by atoms with E-state index in [-0.39, 0.29) is 17.9 Å². The van der Waals surface area contributed by atoms with Gasteiger partial charge >= 0.3 is 6.03 Å². The van der Waals surface area contributed by atoms with Crippen molar-refractivity contribution in [2.45, 2.75) is 18.8 Å². The SMILES string of the molecule is COc1cccc(-c2nc([C@@H]3CCCN(C(=O)Nc4cccc(C(=O)N(C)C)c4)C3)n3ccccc23)c1. The lowest BCUT2D eigenvalue weighted by Gasteiger charge is -2.32. The molecule has 190 valence electrons. The van der Waals surface area contributed by atoms with Crippen molar-refractivity contribution >= 4 is 23.1 Å². The number of anilines is 1. The van der Waals surface area contributed by atoms with Crippen molar-refractivity contribution in [2.24, 2.45) is 0 Å². The van der Waals surface area contributed by atoms with Gasteiger partial charge in [0.05, 0.1) is 18.3 Å². The van der Waals surface area contributed by atoms with Crippen LogP contribution >= 0.6 is 0 Å². The van der Waals surface area contributed by atoms with Gasteiger partial charge in [0.2, 0.25) is 0 Å². The van der Waals surface area contributed by atoms with Crippen LogP contribution in [-0.2, 0) is 0 Å². The Labute approximate surface area is 216 Å². The first-order valence-corrected chi connectivity index (χ1v) is 12.4. The van der Waals surface area contributed by atoms with E-state index in [4.69, 9.17) is 9.72 Å². The topological polar surface area (TPSA) is 79.2 Å². The fraction of sp³-hybridized carbons (Fsp3) is 0.276. The summed E-state index contributed by atoms with van der Waals surface area (Å²) in [6.07, 6.45) is 3.86. The molecule has 0 spiro atoms. The zero-order chi connectivity index (χ0) is 25.9. The van der Waals surface area contributed by atoms with Crippen molar-refractivity contribution in [3.63, 3.8) is 0 Å². The van der Waals surface area contributed by atoms with Crippen LogP contribution in [0.25, 0.3) is 16.8 Å². The molecule has 37 heavy (non-hydrogen) atoms. The van der Waals surface area contributed by atoms with Crippen LogP contribution in [-0.4, -0.2) is 65.4 Å². The molecule has 2 aromatic heterocycles. The van der Waals surface area contributed by atoms with E-state index < -0.39 is 0 Å². The second kappa shape index (κ2) is 10.3. The Bertz CT molecular complexity index is 1440. The normalized spacial score (nSPS) is 15.4. The number of pyridine rings is 1. The summed E-state index contributed by atoms with van der Waals surface area (Å²) in [7, 11) is 5.08. The number of aromatic nitrogens is 2. The molecule has 1 aliphatic rings. The number of likely N-dealkylation sites (tertiary alicyclic amines) is 1. The maximum Gasteiger partial charge on any atom is 0.321 e. The highest BCUT2D eigenvalue weighted by Crippen LogP contribution is 2.33. The number of hydrogen-bond donors (Lipinski definition) is 1. The van der Waals surface area contributed by atoms with Crippen LogP contribution in [0.5, 0.6) is 5.75 Å². The molecule has 1 N–H and O–H groups in total. The van der Waals surface area contributed by atoms with Gasteiger partial charge in [-0.15, -0.1) is 0 Å². The molecule has 0 bridgehead atoms. The van der Waals surface area contributed by atoms with Gasteiger partial charge in [-0.25, -0.2) is 9.78 Å². The molecular weight excluding hydrogens is 466 g/mol. The number of carbonyl (C=O) groups is 2. The standard InChI is InChI=1S/C29H31N5O3/c1-32(2)28(35)21-10-6-12-23(17-21)30-29(36)33-15-8-11-22(19-33)27-31-26(25-14-4-5-16-34(25)27)20-9-7-13-24(18-20)37-3/h4-7,9-10,12-14,16-18,22H,8,11,15,19H2,1-3H3,(H,30,36)/t22-/m1/s1. The maximum absolute atomic E-state index is 13.2. The Hall–Kier alpha value is -4.33. The number of imidazole rings is 1. The molecule has 5 rings (SSSR count). The highest BCUT2D eigenvalue weighted by molar-refractivity contribution is 5.96. The minimum absolute atomic E-state index is 0.0930. The highest BCUT2D eigenvalue weighted by atomic mass is 16.5. The third kappa shape index (κ3) is 5.00. The van der Waals surface area contributed by atoms with Crippen LogP contribution in [0.4, 0.5) is 10.5 Å². The Balaban J connectivity index is 1.38. The Morgan fingerprint density at radius 3 is 2.70 bits per heavy atom. The summed E-state index contributed by atoms with van der Waals surface area (Å²) >= 11 is 0. The second-order valence-corrected chi connectivity index (χ2v) is 9.50. The molecule has 8 nitrogen and oxygen atoms in total. The van der Waals surface area contributed by atoms with E-state index in [1.807, 2.05) is 47.5 Å². The molecule has 1 atom stereocenters. The smallest absolute Gasteiger partial charge is 0.321 e. The summed E-state index contributed by atoms with van der Waals surface area (Å²) in [6.45, 7) is 1.23. The van der Waals surface area contributed by atoms with Crippen molar-refractivity contribution in [1.82, 2.24) is 19.2 Å². The molecule has 4 aromatic rings. The Kier molecular flexibility index (Phi) is 6.81. The number of carbonyl (C=O) groups excluding carboxylic acids is 2. The molecule has 2 aromatic carbocycles. The van der Waals surface area contributed by atoms with Crippen molar-refractivity contribution in [3.05, 3.63) is 84.3 Å². The fourth-order valence-corrected chi connectivity index (χ4v) is 4.90. The molecule has 1 saturated heterocycles. The molecule has 1 fully saturated rings. The summed E-state index contributed by atoms with van der Waals surface area (Å²) in [5.74, 6) is 1.72. The van der Waals surface area contributed by atoms with Gasteiger partial charge < -0.3 is 24.3 Å². The lowest BCUT2D eigenvalue weighted by Crippen LogP contribution is -2.42. The van der Waals surface area contributed by atoms with Gasteiger partial charge in [0.25, 0.3) is 5.91 Å². The third-order valence-corrected chi connectivity index (χ3v) is 6.76. The number of amides is 3. The molecule has 0 radical (unpaired) electrons. The molecule has 0 aliphatic carbocycles. The molecule has 3 heterocycles.